The number of piperidine rings is 1. The summed E-state index contributed by atoms with van der Waals surface area (Å²) < 4.78 is 1.60. The number of hydrogen-bond acceptors (Lipinski definition) is 6. The van der Waals surface area contributed by atoms with E-state index < -0.39 is 4.92 Å². The van der Waals surface area contributed by atoms with Gasteiger partial charge in [0.05, 0.1) is 17.4 Å². The predicted molar refractivity (Wildman–Crippen MR) is 130 cm³/mol. The van der Waals surface area contributed by atoms with Gasteiger partial charge in [0.1, 0.15) is 17.2 Å². The Labute approximate surface area is 203 Å². The zero-order chi connectivity index (χ0) is 25.1. The summed E-state index contributed by atoms with van der Waals surface area (Å²) in [5, 5.41) is 18.4. The average Bonchev–Trinajstić information content (AvgIpc) is 3.13. The molecule has 10 nitrogen and oxygen atoms in total. The molecule has 3 aromatic rings. The van der Waals surface area contributed by atoms with Gasteiger partial charge < -0.3 is 10.2 Å². The van der Waals surface area contributed by atoms with Gasteiger partial charge in [0.15, 0.2) is 0 Å². The molecule has 0 saturated carbocycles. The summed E-state index contributed by atoms with van der Waals surface area (Å²) in [6.07, 6.45) is 3.17. The van der Waals surface area contributed by atoms with Crippen LogP contribution in [-0.4, -0.2) is 49.5 Å². The first-order valence-corrected chi connectivity index (χ1v) is 11.5. The molecule has 0 aliphatic carbocycles. The quantitative estimate of drug-likeness (QED) is 0.428. The molecule has 0 spiro atoms. The molecule has 1 fully saturated rings. The predicted octanol–water partition coefficient (Wildman–Crippen LogP) is 3.65. The van der Waals surface area contributed by atoms with Crippen LogP contribution < -0.4 is 5.32 Å². The molecule has 1 aromatic carbocycles. The van der Waals surface area contributed by atoms with Crippen LogP contribution in [0.3, 0.4) is 0 Å². The van der Waals surface area contributed by atoms with E-state index >= 15 is 0 Å². The van der Waals surface area contributed by atoms with Crippen molar-refractivity contribution in [2.75, 3.05) is 18.4 Å². The van der Waals surface area contributed by atoms with Crippen LogP contribution in [0.1, 0.15) is 45.7 Å². The van der Waals surface area contributed by atoms with E-state index in [-0.39, 0.29) is 23.4 Å². The summed E-state index contributed by atoms with van der Waals surface area (Å²) in [6, 6.07) is 10.8. The Hall–Kier alpha value is -4.08. The second-order valence-electron chi connectivity index (χ2n) is 8.93. The largest absolute Gasteiger partial charge is 0.338 e. The summed E-state index contributed by atoms with van der Waals surface area (Å²) in [7, 11) is 0. The fourth-order valence-corrected chi connectivity index (χ4v) is 4.36. The summed E-state index contributed by atoms with van der Waals surface area (Å²) in [4.78, 5) is 42.6. The van der Waals surface area contributed by atoms with E-state index in [1.54, 1.807) is 47.8 Å². The van der Waals surface area contributed by atoms with Gasteiger partial charge in [-0.3, -0.25) is 24.4 Å². The zero-order valence-electron chi connectivity index (χ0n) is 20.0. The number of anilines is 1. The standard InChI is InChI=1S/C25H28N6O4/c1-16-6-11-22(26-13-16)27-24(32)21-5-4-12-29(15-21)25(33)20-9-7-19(8-10-20)14-30-18(3)23(31(34)35)17(2)28-30/h6-11,13,21H,4-5,12,14-15H2,1-3H3,(H,26,27,32). The van der Waals surface area contributed by atoms with Gasteiger partial charge in [-0.2, -0.15) is 5.10 Å². The van der Waals surface area contributed by atoms with E-state index in [0.717, 1.165) is 24.0 Å². The molecule has 1 saturated heterocycles. The van der Waals surface area contributed by atoms with E-state index in [2.05, 4.69) is 15.4 Å². The van der Waals surface area contributed by atoms with Crippen molar-refractivity contribution in [2.45, 2.75) is 40.2 Å². The van der Waals surface area contributed by atoms with Crippen LogP contribution in [0.4, 0.5) is 11.5 Å². The van der Waals surface area contributed by atoms with Crippen molar-refractivity contribution in [3.8, 4) is 0 Å². The molecule has 0 radical (unpaired) electrons. The first-order chi connectivity index (χ1) is 16.7. The number of pyridine rings is 1. The molecule has 35 heavy (non-hydrogen) atoms. The number of nitrogens with one attached hydrogen (secondary N) is 1. The minimum absolute atomic E-state index is 0.0265. The van der Waals surface area contributed by atoms with Gasteiger partial charge in [-0.1, -0.05) is 18.2 Å². The van der Waals surface area contributed by atoms with Gasteiger partial charge in [-0.15, -0.1) is 0 Å². The molecule has 1 unspecified atom stereocenters. The third-order valence-corrected chi connectivity index (χ3v) is 6.30. The number of aryl methyl sites for hydroxylation is 2. The number of nitrogens with zero attached hydrogens (tertiary/aromatic N) is 5. The smallest absolute Gasteiger partial charge is 0.312 e. The molecule has 4 rings (SSSR count). The Morgan fingerprint density at radius 2 is 1.89 bits per heavy atom. The first kappa shape index (κ1) is 24.1. The van der Waals surface area contributed by atoms with Gasteiger partial charge in [0.2, 0.25) is 5.91 Å². The Morgan fingerprint density at radius 3 is 2.51 bits per heavy atom. The molecule has 1 aliphatic heterocycles. The number of aromatic nitrogens is 3. The lowest BCUT2D eigenvalue weighted by atomic mass is 9.96. The monoisotopic (exact) mass is 476 g/mol. The van der Waals surface area contributed by atoms with Crippen LogP contribution in [-0.2, 0) is 11.3 Å². The lowest BCUT2D eigenvalue weighted by molar-refractivity contribution is -0.386. The van der Waals surface area contributed by atoms with Crippen molar-refractivity contribution in [3.05, 3.63) is 80.8 Å². The van der Waals surface area contributed by atoms with Gasteiger partial charge in [0, 0.05) is 24.8 Å². The van der Waals surface area contributed by atoms with E-state index in [9.17, 15) is 19.7 Å². The van der Waals surface area contributed by atoms with Crippen molar-refractivity contribution in [1.82, 2.24) is 19.7 Å². The first-order valence-electron chi connectivity index (χ1n) is 11.5. The van der Waals surface area contributed by atoms with Crippen LogP contribution in [0.5, 0.6) is 0 Å². The minimum Gasteiger partial charge on any atom is -0.338 e. The van der Waals surface area contributed by atoms with Crippen LogP contribution in [0, 0.1) is 36.8 Å². The molecule has 1 aliphatic rings. The minimum atomic E-state index is -0.417. The molecule has 182 valence electrons. The van der Waals surface area contributed by atoms with Crippen molar-refractivity contribution in [2.24, 2.45) is 5.92 Å². The molecule has 1 atom stereocenters. The molecular formula is C25H28N6O4. The summed E-state index contributed by atoms with van der Waals surface area (Å²) in [5.41, 5.74) is 3.32. The maximum Gasteiger partial charge on any atom is 0.312 e. The van der Waals surface area contributed by atoms with Crippen molar-refractivity contribution in [3.63, 3.8) is 0 Å². The summed E-state index contributed by atoms with van der Waals surface area (Å²) >= 11 is 0. The van der Waals surface area contributed by atoms with Gasteiger partial charge in [-0.05, 0) is 62.9 Å². The van der Waals surface area contributed by atoms with Crippen LogP contribution >= 0.6 is 0 Å². The number of benzene rings is 1. The van der Waals surface area contributed by atoms with Crippen molar-refractivity contribution < 1.29 is 14.5 Å². The number of amides is 2. The molecule has 2 amide bonds. The van der Waals surface area contributed by atoms with Crippen LogP contribution in [0.15, 0.2) is 42.6 Å². The Balaban J connectivity index is 1.39. The molecule has 1 N–H and O–H groups in total. The number of nitro groups is 1. The highest BCUT2D eigenvalue weighted by molar-refractivity contribution is 5.96. The average molecular weight is 477 g/mol. The molecular weight excluding hydrogens is 448 g/mol. The topological polar surface area (TPSA) is 123 Å². The van der Waals surface area contributed by atoms with E-state index in [4.69, 9.17) is 0 Å². The van der Waals surface area contributed by atoms with Gasteiger partial charge in [0.25, 0.3) is 5.91 Å². The Bertz CT molecular complexity index is 1250. The highest BCUT2D eigenvalue weighted by Crippen LogP contribution is 2.23. The zero-order valence-corrected chi connectivity index (χ0v) is 20.0. The molecule has 0 bridgehead atoms. The number of hydrogen-bond donors (Lipinski definition) is 1. The van der Waals surface area contributed by atoms with Gasteiger partial charge >= 0.3 is 5.69 Å². The van der Waals surface area contributed by atoms with Crippen molar-refractivity contribution in [1.29, 1.82) is 0 Å². The third kappa shape index (κ3) is 5.37. The summed E-state index contributed by atoms with van der Waals surface area (Å²) in [6.45, 7) is 6.55. The lowest BCUT2D eigenvalue weighted by Crippen LogP contribution is -2.43. The highest BCUT2D eigenvalue weighted by Gasteiger charge is 2.29. The van der Waals surface area contributed by atoms with Gasteiger partial charge in [-0.25, -0.2) is 4.98 Å². The lowest BCUT2D eigenvalue weighted by Gasteiger charge is -2.32. The van der Waals surface area contributed by atoms with Crippen LogP contribution in [0.25, 0.3) is 0 Å². The van der Waals surface area contributed by atoms with Crippen molar-refractivity contribution >= 4 is 23.3 Å². The second kappa shape index (κ2) is 10.0. The SMILES string of the molecule is Cc1ccc(NC(=O)C2CCCN(C(=O)c3ccc(Cn4nc(C)c([N+](=O)[O-])c4C)cc3)C2)nc1. The van der Waals surface area contributed by atoms with Crippen LogP contribution in [0.2, 0.25) is 0 Å². The second-order valence-corrected chi connectivity index (χ2v) is 8.93. The third-order valence-electron chi connectivity index (χ3n) is 6.30. The number of carbonyl (C=O) groups is 2. The maximum atomic E-state index is 13.1. The Kier molecular flexibility index (Phi) is 6.90. The summed E-state index contributed by atoms with van der Waals surface area (Å²) in [5.74, 6) is -0.0399. The molecule has 3 heterocycles. The number of carbonyl (C=O) groups excluding carboxylic acids is 2. The number of likely N-dealkylation sites (tertiary alicyclic amines) is 1. The van der Waals surface area contributed by atoms with E-state index in [1.807, 2.05) is 25.1 Å². The molecule has 2 aromatic heterocycles. The van der Waals surface area contributed by atoms with E-state index in [0.29, 0.717) is 42.4 Å². The molecule has 10 heteroatoms. The number of rotatable bonds is 6. The maximum absolute atomic E-state index is 13.1. The normalized spacial score (nSPS) is 15.6. The fraction of sp³-hybridized carbons (Fsp3) is 0.360. The van der Waals surface area contributed by atoms with E-state index in [1.165, 1.54) is 0 Å². The fourth-order valence-electron chi connectivity index (χ4n) is 4.36. The highest BCUT2D eigenvalue weighted by atomic mass is 16.6. The Morgan fingerprint density at radius 1 is 1.14 bits per heavy atom.